The van der Waals surface area contributed by atoms with Crippen LogP contribution in [0.2, 0.25) is 0 Å². The van der Waals surface area contributed by atoms with Gasteiger partial charge in [-0.15, -0.1) is 0 Å². The molecular formula is C8H14F2N2. The number of alkyl halides is 2. The van der Waals surface area contributed by atoms with Crippen molar-refractivity contribution in [2.45, 2.75) is 32.2 Å². The molecule has 0 aliphatic heterocycles. The highest BCUT2D eigenvalue weighted by molar-refractivity contribution is 4.80. The first-order chi connectivity index (χ1) is 5.61. The highest BCUT2D eigenvalue weighted by Crippen LogP contribution is 2.07. The van der Waals surface area contributed by atoms with Crippen molar-refractivity contribution in [1.82, 2.24) is 4.90 Å². The quantitative estimate of drug-likeness (QED) is 0.639. The zero-order valence-electron chi connectivity index (χ0n) is 7.43. The minimum atomic E-state index is -2.32. The summed E-state index contributed by atoms with van der Waals surface area (Å²) in [5.74, 6) is 0. The Morgan fingerprint density at radius 3 is 2.42 bits per heavy atom. The fraction of sp³-hybridized carbons (Fsp3) is 0.875. The van der Waals surface area contributed by atoms with E-state index in [1.54, 1.807) is 7.05 Å². The van der Waals surface area contributed by atoms with Gasteiger partial charge < -0.3 is 0 Å². The predicted molar refractivity (Wildman–Crippen MR) is 42.9 cm³/mol. The van der Waals surface area contributed by atoms with Gasteiger partial charge in [-0.05, 0) is 13.5 Å². The van der Waals surface area contributed by atoms with Crippen molar-refractivity contribution in [1.29, 1.82) is 5.26 Å². The van der Waals surface area contributed by atoms with Crippen LogP contribution in [-0.2, 0) is 0 Å². The molecule has 0 N–H and O–H groups in total. The molecule has 0 saturated carbocycles. The minimum Gasteiger partial charge on any atom is -0.297 e. The van der Waals surface area contributed by atoms with Crippen LogP contribution in [-0.4, -0.2) is 31.0 Å². The summed E-state index contributed by atoms with van der Waals surface area (Å²) in [6, 6.07) is 1.95. The SMILES string of the molecule is CCC(CC#N)N(C)CC(F)F. The Hall–Kier alpha value is -0.690. The Morgan fingerprint density at radius 2 is 2.08 bits per heavy atom. The lowest BCUT2D eigenvalue weighted by Crippen LogP contribution is -2.34. The van der Waals surface area contributed by atoms with Gasteiger partial charge in [0.15, 0.2) is 0 Å². The highest BCUT2D eigenvalue weighted by Gasteiger charge is 2.15. The minimum absolute atomic E-state index is 0.0380. The van der Waals surface area contributed by atoms with E-state index in [2.05, 4.69) is 0 Å². The van der Waals surface area contributed by atoms with E-state index in [4.69, 9.17) is 5.26 Å². The number of nitriles is 1. The summed E-state index contributed by atoms with van der Waals surface area (Å²) < 4.78 is 23.8. The van der Waals surface area contributed by atoms with Crippen molar-refractivity contribution in [3.05, 3.63) is 0 Å². The zero-order valence-corrected chi connectivity index (χ0v) is 7.43. The number of hydrogen-bond donors (Lipinski definition) is 0. The van der Waals surface area contributed by atoms with Gasteiger partial charge in [-0.2, -0.15) is 5.26 Å². The van der Waals surface area contributed by atoms with Crippen molar-refractivity contribution >= 4 is 0 Å². The molecule has 0 spiro atoms. The summed E-state index contributed by atoms with van der Waals surface area (Å²) in [5, 5.41) is 8.39. The van der Waals surface area contributed by atoms with Gasteiger partial charge in [-0.25, -0.2) is 8.78 Å². The van der Waals surface area contributed by atoms with Crippen molar-refractivity contribution in [2.75, 3.05) is 13.6 Å². The average Bonchev–Trinajstić information content (AvgIpc) is 1.98. The first kappa shape index (κ1) is 11.3. The summed E-state index contributed by atoms with van der Waals surface area (Å²) in [6.07, 6.45) is -1.26. The second-order valence-corrected chi connectivity index (χ2v) is 2.75. The Bertz CT molecular complexity index is 154. The van der Waals surface area contributed by atoms with Crippen LogP contribution in [0.4, 0.5) is 8.78 Å². The smallest absolute Gasteiger partial charge is 0.251 e. The van der Waals surface area contributed by atoms with Crippen molar-refractivity contribution in [2.24, 2.45) is 0 Å². The second-order valence-electron chi connectivity index (χ2n) is 2.75. The fourth-order valence-electron chi connectivity index (χ4n) is 1.08. The molecule has 0 aliphatic rings. The second kappa shape index (κ2) is 5.90. The zero-order chi connectivity index (χ0) is 9.56. The molecule has 1 atom stereocenters. The predicted octanol–water partition coefficient (Wildman–Crippen LogP) is 1.88. The van der Waals surface area contributed by atoms with Crippen LogP contribution in [0.5, 0.6) is 0 Å². The lowest BCUT2D eigenvalue weighted by Gasteiger charge is -2.24. The van der Waals surface area contributed by atoms with Gasteiger partial charge in [0, 0.05) is 6.04 Å². The molecule has 2 nitrogen and oxygen atoms in total. The first-order valence-electron chi connectivity index (χ1n) is 3.97. The lowest BCUT2D eigenvalue weighted by atomic mass is 10.1. The molecule has 0 bridgehead atoms. The summed E-state index contributed by atoms with van der Waals surface area (Å²) in [7, 11) is 1.62. The molecule has 4 heteroatoms. The van der Waals surface area contributed by atoms with Crippen LogP contribution in [0.1, 0.15) is 19.8 Å². The van der Waals surface area contributed by atoms with Gasteiger partial charge in [0.05, 0.1) is 19.0 Å². The number of hydrogen-bond acceptors (Lipinski definition) is 2. The summed E-state index contributed by atoms with van der Waals surface area (Å²) in [5.41, 5.74) is 0. The molecule has 0 saturated heterocycles. The van der Waals surface area contributed by atoms with Gasteiger partial charge in [-0.3, -0.25) is 4.90 Å². The van der Waals surface area contributed by atoms with E-state index < -0.39 is 6.43 Å². The number of nitrogens with zero attached hydrogens (tertiary/aromatic N) is 2. The Labute approximate surface area is 71.8 Å². The van der Waals surface area contributed by atoms with Crippen LogP contribution in [0, 0.1) is 11.3 Å². The van der Waals surface area contributed by atoms with Gasteiger partial charge >= 0.3 is 0 Å². The van der Waals surface area contributed by atoms with Gasteiger partial charge in [-0.1, -0.05) is 6.92 Å². The summed E-state index contributed by atoms with van der Waals surface area (Å²) in [6.45, 7) is 1.64. The summed E-state index contributed by atoms with van der Waals surface area (Å²) in [4.78, 5) is 1.54. The molecule has 1 unspecified atom stereocenters. The molecule has 0 rings (SSSR count). The van der Waals surface area contributed by atoms with E-state index in [0.29, 0.717) is 6.42 Å². The van der Waals surface area contributed by atoms with E-state index >= 15 is 0 Å². The monoisotopic (exact) mass is 176 g/mol. The molecule has 0 heterocycles. The van der Waals surface area contributed by atoms with Crippen molar-refractivity contribution in [3.8, 4) is 6.07 Å². The normalized spacial score (nSPS) is 13.4. The topological polar surface area (TPSA) is 27.0 Å². The lowest BCUT2D eigenvalue weighted by molar-refractivity contribution is 0.0805. The van der Waals surface area contributed by atoms with Crippen LogP contribution in [0.3, 0.4) is 0 Å². The van der Waals surface area contributed by atoms with Gasteiger partial charge in [0.2, 0.25) is 0 Å². The molecule has 0 amide bonds. The number of halogens is 2. The third kappa shape index (κ3) is 4.24. The molecule has 0 aromatic heterocycles. The number of rotatable bonds is 5. The maximum absolute atomic E-state index is 11.9. The molecule has 70 valence electrons. The van der Waals surface area contributed by atoms with Crippen LogP contribution in [0.15, 0.2) is 0 Å². The molecule has 0 radical (unpaired) electrons. The largest absolute Gasteiger partial charge is 0.297 e. The van der Waals surface area contributed by atoms with E-state index in [1.165, 1.54) is 4.90 Å². The molecule has 0 aliphatic carbocycles. The molecule has 0 aromatic carbocycles. The van der Waals surface area contributed by atoms with E-state index in [0.717, 1.165) is 6.42 Å². The van der Waals surface area contributed by atoms with Crippen LogP contribution >= 0.6 is 0 Å². The van der Waals surface area contributed by atoms with Crippen LogP contribution in [0.25, 0.3) is 0 Å². The van der Waals surface area contributed by atoms with Crippen molar-refractivity contribution in [3.63, 3.8) is 0 Å². The maximum Gasteiger partial charge on any atom is 0.251 e. The third-order valence-corrected chi connectivity index (χ3v) is 1.85. The maximum atomic E-state index is 11.9. The van der Waals surface area contributed by atoms with E-state index in [-0.39, 0.29) is 12.6 Å². The van der Waals surface area contributed by atoms with Gasteiger partial charge in [0.25, 0.3) is 6.43 Å². The van der Waals surface area contributed by atoms with Gasteiger partial charge in [0.1, 0.15) is 0 Å². The van der Waals surface area contributed by atoms with E-state index in [9.17, 15) is 8.78 Å². The molecular weight excluding hydrogens is 162 g/mol. The van der Waals surface area contributed by atoms with Crippen LogP contribution < -0.4 is 0 Å². The highest BCUT2D eigenvalue weighted by atomic mass is 19.3. The third-order valence-electron chi connectivity index (χ3n) is 1.85. The molecule has 12 heavy (non-hydrogen) atoms. The fourth-order valence-corrected chi connectivity index (χ4v) is 1.08. The molecule has 0 fully saturated rings. The summed E-state index contributed by atoms with van der Waals surface area (Å²) >= 11 is 0. The Kier molecular flexibility index (Phi) is 5.56. The first-order valence-corrected chi connectivity index (χ1v) is 3.97. The molecule has 0 aromatic rings. The Balaban J connectivity index is 3.86. The average molecular weight is 176 g/mol. The van der Waals surface area contributed by atoms with E-state index in [1.807, 2.05) is 13.0 Å². The Morgan fingerprint density at radius 1 is 1.50 bits per heavy atom. The van der Waals surface area contributed by atoms with Crippen molar-refractivity contribution < 1.29 is 8.78 Å². The standard InChI is InChI=1S/C8H14F2N2/c1-3-7(4-5-11)12(2)6-8(9)10/h7-8H,3-4,6H2,1-2H3.